The third-order valence-electron chi connectivity index (χ3n) is 1.97. The largest absolute Gasteiger partial charge is 0.466 e. The highest BCUT2D eigenvalue weighted by atomic mass is 35.5. The summed E-state index contributed by atoms with van der Waals surface area (Å²) in [6.45, 7) is 2.78. The van der Waals surface area contributed by atoms with Gasteiger partial charge in [-0.25, -0.2) is 4.84 Å². The zero-order chi connectivity index (χ0) is 8.32. The number of hydrogen-bond acceptors (Lipinski definition) is 3. The van der Waals surface area contributed by atoms with Gasteiger partial charge in [-0.05, 0) is 31.5 Å². The summed E-state index contributed by atoms with van der Waals surface area (Å²) in [4.78, 5) is 13.7. The smallest absolute Gasteiger partial charge is 0.313 e. The highest BCUT2D eigenvalue weighted by Gasteiger charge is 2.50. The van der Waals surface area contributed by atoms with Crippen LogP contribution in [-0.4, -0.2) is 19.1 Å². The molecule has 4 heteroatoms. The first-order valence-corrected chi connectivity index (χ1v) is 4.14. The highest BCUT2D eigenvalue weighted by molar-refractivity contribution is 6.13. The molecule has 0 heterocycles. The second kappa shape index (κ2) is 3.41. The zero-order valence-corrected chi connectivity index (χ0v) is 7.28. The predicted octanol–water partition coefficient (Wildman–Crippen LogP) is 1.07. The average molecular weight is 178 g/mol. The van der Waals surface area contributed by atoms with Crippen LogP contribution >= 0.6 is 11.8 Å². The summed E-state index contributed by atoms with van der Waals surface area (Å²) >= 11 is 5.31. The van der Waals surface area contributed by atoms with Crippen LogP contribution in [0.1, 0.15) is 19.8 Å². The van der Waals surface area contributed by atoms with E-state index in [2.05, 4.69) is 4.84 Å². The van der Waals surface area contributed by atoms with Crippen LogP contribution in [0.2, 0.25) is 0 Å². The van der Waals surface area contributed by atoms with Crippen molar-refractivity contribution in [1.29, 1.82) is 0 Å². The van der Waals surface area contributed by atoms with Gasteiger partial charge in [0.05, 0.1) is 12.0 Å². The molecule has 0 saturated heterocycles. The summed E-state index contributed by atoms with van der Waals surface area (Å²) in [5.41, 5.74) is -0.294. The maximum atomic E-state index is 11.2. The second-order valence-electron chi connectivity index (χ2n) is 2.81. The standard InChI is InChI=1S/C7H12ClNO2/c1-2-11-6(10)7(3-4-7)5-9-8/h9H,2-5H2,1H3. The lowest BCUT2D eigenvalue weighted by molar-refractivity contribution is -0.149. The molecule has 0 bridgehead atoms. The molecule has 1 aliphatic rings. The molecule has 0 aromatic heterocycles. The minimum absolute atomic E-state index is 0.117. The Balaban J connectivity index is 2.38. The van der Waals surface area contributed by atoms with Crippen LogP contribution < -0.4 is 4.84 Å². The molecule has 3 nitrogen and oxygen atoms in total. The lowest BCUT2D eigenvalue weighted by Gasteiger charge is -2.11. The van der Waals surface area contributed by atoms with Crippen LogP contribution in [0.3, 0.4) is 0 Å². The van der Waals surface area contributed by atoms with Crippen molar-refractivity contribution in [3.63, 3.8) is 0 Å². The number of halogens is 1. The number of nitrogens with one attached hydrogen (secondary N) is 1. The van der Waals surface area contributed by atoms with Crippen LogP contribution in [0.4, 0.5) is 0 Å². The summed E-state index contributed by atoms with van der Waals surface area (Å²) in [6.07, 6.45) is 1.79. The Morgan fingerprint density at radius 2 is 2.36 bits per heavy atom. The van der Waals surface area contributed by atoms with E-state index in [1.807, 2.05) is 6.92 Å². The Morgan fingerprint density at radius 1 is 1.73 bits per heavy atom. The Morgan fingerprint density at radius 3 is 2.73 bits per heavy atom. The van der Waals surface area contributed by atoms with Gasteiger partial charge in [-0.2, -0.15) is 0 Å². The summed E-state index contributed by atoms with van der Waals surface area (Å²) in [5, 5.41) is 0. The predicted molar refractivity (Wildman–Crippen MR) is 42.2 cm³/mol. The van der Waals surface area contributed by atoms with Crippen molar-refractivity contribution in [2.45, 2.75) is 19.8 Å². The van der Waals surface area contributed by atoms with Gasteiger partial charge in [0.25, 0.3) is 0 Å². The van der Waals surface area contributed by atoms with Crippen LogP contribution in [0.25, 0.3) is 0 Å². The van der Waals surface area contributed by atoms with E-state index in [0.717, 1.165) is 12.8 Å². The van der Waals surface area contributed by atoms with Gasteiger partial charge in [0.2, 0.25) is 0 Å². The third kappa shape index (κ3) is 1.84. The van der Waals surface area contributed by atoms with E-state index < -0.39 is 0 Å². The van der Waals surface area contributed by atoms with Crippen molar-refractivity contribution in [3.8, 4) is 0 Å². The molecular formula is C7H12ClNO2. The number of esters is 1. The first-order valence-electron chi connectivity index (χ1n) is 3.76. The van der Waals surface area contributed by atoms with E-state index >= 15 is 0 Å². The van der Waals surface area contributed by atoms with E-state index in [1.54, 1.807) is 0 Å². The van der Waals surface area contributed by atoms with E-state index in [9.17, 15) is 4.79 Å². The molecule has 1 saturated carbocycles. The van der Waals surface area contributed by atoms with E-state index in [-0.39, 0.29) is 11.4 Å². The summed E-state index contributed by atoms with van der Waals surface area (Å²) in [7, 11) is 0. The van der Waals surface area contributed by atoms with Crippen molar-refractivity contribution in [1.82, 2.24) is 4.84 Å². The molecule has 0 aliphatic heterocycles. The van der Waals surface area contributed by atoms with Gasteiger partial charge in [0.1, 0.15) is 0 Å². The first-order chi connectivity index (χ1) is 5.25. The Hall–Kier alpha value is -0.280. The number of ether oxygens (including phenoxy) is 1. The summed E-state index contributed by atoms with van der Waals surface area (Å²) in [6, 6.07) is 0. The monoisotopic (exact) mass is 177 g/mol. The zero-order valence-electron chi connectivity index (χ0n) is 6.52. The normalized spacial score (nSPS) is 19.5. The van der Waals surface area contributed by atoms with Gasteiger partial charge in [0, 0.05) is 6.54 Å². The quantitative estimate of drug-likeness (QED) is 0.516. The Kier molecular flexibility index (Phi) is 2.73. The maximum Gasteiger partial charge on any atom is 0.313 e. The van der Waals surface area contributed by atoms with Gasteiger partial charge in [-0.1, -0.05) is 0 Å². The van der Waals surface area contributed by atoms with Crippen LogP contribution in [0, 0.1) is 5.41 Å². The van der Waals surface area contributed by atoms with Gasteiger partial charge in [0.15, 0.2) is 0 Å². The number of hydrogen-bond donors (Lipinski definition) is 1. The first kappa shape index (κ1) is 8.81. The topological polar surface area (TPSA) is 38.3 Å². The van der Waals surface area contributed by atoms with Crippen LogP contribution in [0.15, 0.2) is 0 Å². The number of rotatable bonds is 4. The van der Waals surface area contributed by atoms with Crippen molar-refractivity contribution in [2.24, 2.45) is 5.41 Å². The lowest BCUT2D eigenvalue weighted by atomic mass is 10.1. The molecule has 0 spiro atoms. The molecule has 0 unspecified atom stereocenters. The Labute approximate surface area is 71.2 Å². The molecular weight excluding hydrogens is 166 g/mol. The average Bonchev–Trinajstić information content (AvgIpc) is 2.71. The minimum Gasteiger partial charge on any atom is -0.466 e. The third-order valence-corrected chi connectivity index (χ3v) is 2.10. The van der Waals surface area contributed by atoms with Crippen molar-refractivity contribution >= 4 is 17.7 Å². The van der Waals surface area contributed by atoms with Crippen molar-refractivity contribution < 1.29 is 9.53 Å². The fourth-order valence-electron chi connectivity index (χ4n) is 1.02. The molecule has 1 aliphatic carbocycles. The molecule has 11 heavy (non-hydrogen) atoms. The molecule has 0 aromatic carbocycles. The van der Waals surface area contributed by atoms with Crippen LogP contribution in [-0.2, 0) is 9.53 Å². The lowest BCUT2D eigenvalue weighted by Crippen LogP contribution is -2.27. The van der Waals surface area contributed by atoms with E-state index in [4.69, 9.17) is 16.5 Å². The molecule has 0 radical (unpaired) electrons. The maximum absolute atomic E-state index is 11.2. The van der Waals surface area contributed by atoms with Crippen molar-refractivity contribution in [2.75, 3.05) is 13.2 Å². The van der Waals surface area contributed by atoms with E-state index in [0.29, 0.717) is 13.2 Å². The SMILES string of the molecule is CCOC(=O)C1(CNCl)CC1. The molecule has 0 amide bonds. The minimum atomic E-state index is -0.294. The fourth-order valence-corrected chi connectivity index (χ4v) is 1.27. The number of carbonyl (C=O) groups is 1. The van der Waals surface area contributed by atoms with Gasteiger partial charge >= 0.3 is 5.97 Å². The Bertz CT molecular complexity index is 157. The van der Waals surface area contributed by atoms with Crippen molar-refractivity contribution in [3.05, 3.63) is 0 Å². The highest BCUT2D eigenvalue weighted by Crippen LogP contribution is 2.46. The summed E-state index contributed by atoms with van der Waals surface area (Å²) < 4.78 is 4.88. The van der Waals surface area contributed by atoms with E-state index in [1.165, 1.54) is 0 Å². The van der Waals surface area contributed by atoms with Gasteiger partial charge < -0.3 is 4.74 Å². The molecule has 0 atom stereocenters. The molecule has 0 aromatic rings. The second-order valence-corrected chi connectivity index (χ2v) is 3.08. The molecule has 1 N–H and O–H groups in total. The fraction of sp³-hybridized carbons (Fsp3) is 0.857. The van der Waals surface area contributed by atoms with Gasteiger partial charge in [-0.3, -0.25) is 4.79 Å². The molecule has 1 fully saturated rings. The van der Waals surface area contributed by atoms with Crippen LogP contribution in [0.5, 0.6) is 0 Å². The summed E-state index contributed by atoms with van der Waals surface area (Å²) in [5.74, 6) is -0.117. The molecule has 64 valence electrons. The van der Waals surface area contributed by atoms with Gasteiger partial charge in [-0.15, -0.1) is 0 Å². The molecule has 1 rings (SSSR count). The number of carbonyl (C=O) groups excluding carboxylic acids is 1.